The van der Waals surface area contributed by atoms with E-state index in [1.165, 1.54) is 0 Å². The molecule has 0 aliphatic heterocycles. The Hall–Kier alpha value is -1.55. The minimum Gasteiger partial charge on any atom is -0.496 e. The molecule has 4 heteroatoms. The molecule has 0 aromatic heterocycles. The molecule has 1 aliphatic carbocycles. The molecule has 1 aliphatic rings. The number of ether oxygens (including phenoxy) is 1. The summed E-state index contributed by atoms with van der Waals surface area (Å²) in [4.78, 5) is 14.3. The van der Waals surface area contributed by atoms with Crippen LogP contribution in [0.3, 0.4) is 0 Å². The molecule has 4 nitrogen and oxygen atoms in total. The lowest BCUT2D eigenvalue weighted by Gasteiger charge is -2.29. The molecule has 1 aromatic rings. The van der Waals surface area contributed by atoms with Crippen LogP contribution in [-0.4, -0.2) is 31.5 Å². The maximum atomic E-state index is 12.6. The van der Waals surface area contributed by atoms with Crippen molar-refractivity contribution in [2.45, 2.75) is 31.7 Å². The zero-order valence-corrected chi connectivity index (χ0v) is 11.9. The first kappa shape index (κ1) is 13.9. The molecular weight excluding hydrogens is 240 g/mol. The molecule has 104 valence electrons. The van der Waals surface area contributed by atoms with Gasteiger partial charge in [0.25, 0.3) is 0 Å². The predicted molar refractivity (Wildman–Crippen MR) is 75.1 cm³/mol. The van der Waals surface area contributed by atoms with E-state index >= 15 is 0 Å². The minimum atomic E-state index is -0.895. The summed E-state index contributed by atoms with van der Waals surface area (Å²) < 4.78 is 5.36. The number of carbonyl (C=O) groups excluding carboxylic acids is 1. The van der Waals surface area contributed by atoms with E-state index in [0.717, 1.165) is 36.3 Å². The van der Waals surface area contributed by atoms with Gasteiger partial charge in [-0.15, -0.1) is 0 Å². The number of amides is 1. The second-order valence-corrected chi connectivity index (χ2v) is 5.18. The summed E-state index contributed by atoms with van der Waals surface area (Å²) in [5.41, 5.74) is 7.52. The Morgan fingerprint density at radius 3 is 2.89 bits per heavy atom. The Balaban J connectivity index is 2.37. The van der Waals surface area contributed by atoms with Gasteiger partial charge in [0.1, 0.15) is 11.3 Å². The first-order valence-electron chi connectivity index (χ1n) is 6.75. The molecule has 0 bridgehead atoms. The van der Waals surface area contributed by atoms with E-state index in [2.05, 4.69) is 6.92 Å². The molecule has 2 rings (SSSR count). The van der Waals surface area contributed by atoms with Crippen molar-refractivity contribution in [1.29, 1.82) is 0 Å². The maximum absolute atomic E-state index is 12.6. The molecule has 19 heavy (non-hydrogen) atoms. The van der Waals surface area contributed by atoms with Gasteiger partial charge in [-0.3, -0.25) is 4.79 Å². The number of methoxy groups -OCH3 is 1. The van der Waals surface area contributed by atoms with E-state index in [-0.39, 0.29) is 5.91 Å². The van der Waals surface area contributed by atoms with Crippen LogP contribution in [0.2, 0.25) is 0 Å². The number of fused-ring (bicyclic) bond motifs is 1. The quantitative estimate of drug-likeness (QED) is 0.898. The Bertz CT molecular complexity index is 487. The zero-order chi connectivity index (χ0) is 14.0. The lowest BCUT2D eigenvalue weighted by Crippen LogP contribution is -2.50. The van der Waals surface area contributed by atoms with Crippen molar-refractivity contribution in [1.82, 2.24) is 4.90 Å². The van der Waals surface area contributed by atoms with Crippen LogP contribution < -0.4 is 10.5 Å². The van der Waals surface area contributed by atoms with Crippen LogP contribution in [0.4, 0.5) is 0 Å². The lowest BCUT2D eigenvalue weighted by molar-refractivity contribution is -0.136. The molecule has 2 N–H and O–H groups in total. The minimum absolute atomic E-state index is 0.00125. The van der Waals surface area contributed by atoms with E-state index < -0.39 is 5.54 Å². The molecule has 0 saturated heterocycles. The van der Waals surface area contributed by atoms with Crippen molar-refractivity contribution in [2.75, 3.05) is 20.7 Å². The predicted octanol–water partition coefficient (Wildman–Crippen LogP) is 1.66. The summed E-state index contributed by atoms with van der Waals surface area (Å²) >= 11 is 0. The third-order valence-electron chi connectivity index (χ3n) is 3.89. The van der Waals surface area contributed by atoms with Gasteiger partial charge in [-0.1, -0.05) is 19.1 Å². The Morgan fingerprint density at radius 1 is 1.53 bits per heavy atom. The summed E-state index contributed by atoms with van der Waals surface area (Å²) in [7, 11) is 3.47. The van der Waals surface area contributed by atoms with E-state index in [9.17, 15) is 4.79 Å². The normalized spacial score (nSPS) is 21.1. The molecule has 1 atom stereocenters. The number of hydrogen-bond acceptors (Lipinski definition) is 3. The topological polar surface area (TPSA) is 55.6 Å². The number of hydrogen-bond donors (Lipinski definition) is 1. The van der Waals surface area contributed by atoms with Crippen LogP contribution in [0, 0.1) is 0 Å². The number of benzene rings is 1. The average molecular weight is 262 g/mol. The molecule has 0 saturated carbocycles. The van der Waals surface area contributed by atoms with Crippen molar-refractivity contribution in [3.8, 4) is 5.75 Å². The second kappa shape index (κ2) is 5.21. The number of nitrogens with zero attached hydrogens (tertiary/aromatic N) is 1. The van der Waals surface area contributed by atoms with Gasteiger partial charge in [0.05, 0.1) is 7.11 Å². The van der Waals surface area contributed by atoms with Gasteiger partial charge >= 0.3 is 0 Å². The third kappa shape index (κ3) is 2.21. The second-order valence-electron chi connectivity index (χ2n) is 5.18. The van der Waals surface area contributed by atoms with E-state index in [4.69, 9.17) is 10.5 Å². The van der Waals surface area contributed by atoms with Gasteiger partial charge in [-0.25, -0.2) is 0 Å². The van der Waals surface area contributed by atoms with Crippen LogP contribution in [0.15, 0.2) is 18.2 Å². The van der Waals surface area contributed by atoms with Gasteiger partial charge in [0, 0.05) is 13.6 Å². The molecule has 1 amide bonds. The van der Waals surface area contributed by atoms with Gasteiger partial charge in [-0.05, 0) is 36.5 Å². The summed E-state index contributed by atoms with van der Waals surface area (Å²) in [6, 6.07) is 5.77. The number of carbonyl (C=O) groups is 1. The van der Waals surface area contributed by atoms with Crippen LogP contribution in [-0.2, 0) is 16.8 Å². The summed E-state index contributed by atoms with van der Waals surface area (Å²) in [6.07, 6.45) is 2.38. The highest BCUT2D eigenvalue weighted by Gasteiger charge is 2.44. The van der Waals surface area contributed by atoms with Crippen molar-refractivity contribution in [2.24, 2.45) is 5.73 Å². The van der Waals surface area contributed by atoms with Crippen LogP contribution >= 0.6 is 0 Å². The lowest BCUT2D eigenvalue weighted by atomic mass is 9.91. The van der Waals surface area contributed by atoms with E-state index in [1.807, 2.05) is 25.2 Å². The highest BCUT2D eigenvalue weighted by atomic mass is 16.5. The van der Waals surface area contributed by atoms with E-state index in [1.54, 1.807) is 12.0 Å². The standard InChI is InChI=1S/C15H22N2O2/c1-4-10-17(2)14(18)15(16)9-8-11-12(15)6-5-7-13(11)19-3/h5-7H,4,8-10,16H2,1-3H3. The highest BCUT2D eigenvalue weighted by molar-refractivity contribution is 5.89. The number of rotatable bonds is 4. The molecule has 1 aromatic carbocycles. The molecule has 0 spiro atoms. The SMILES string of the molecule is CCCN(C)C(=O)C1(N)CCc2c(OC)cccc21. The van der Waals surface area contributed by atoms with Crippen molar-refractivity contribution in [3.63, 3.8) is 0 Å². The number of nitrogens with two attached hydrogens (primary N) is 1. The highest BCUT2D eigenvalue weighted by Crippen LogP contribution is 2.40. The van der Waals surface area contributed by atoms with Crippen molar-refractivity contribution >= 4 is 5.91 Å². The number of likely N-dealkylation sites (N-methyl/N-ethyl adjacent to an activating group) is 1. The molecule has 1 unspecified atom stereocenters. The summed E-state index contributed by atoms with van der Waals surface area (Å²) in [6.45, 7) is 2.79. The Morgan fingerprint density at radius 2 is 2.26 bits per heavy atom. The monoisotopic (exact) mass is 262 g/mol. The van der Waals surface area contributed by atoms with Crippen LogP contribution in [0.1, 0.15) is 30.9 Å². The van der Waals surface area contributed by atoms with Gasteiger partial charge in [-0.2, -0.15) is 0 Å². The fourth-order valence-electron chi connectivity index (χ4n) is 2.89. The molecule has 0 heterocycles. The molecular formula is C15H22N2O2. The fraction of sp³-hybridized carbons (Fsp3) is 0.533. The van der Waals surface area contributed by atoms with Crippen molar-refractivity contribution in [3.05, 3.63) is 29.3 Å². The largest absolute Gasteiger partial charge is 0.496 e. The first-order chi connectivity index (χ1) is 9.04. The molecule has 0 fully saturated rings. The van der Waals surface area contributed by atoms with E-state index in [0.29, 0.717) is 6.42 Å². The van der Waals surface area contributed by atoms with Gasteiger partial charge < -0.3 is 15.4 Å². The van der Waals surface area contributed by atoms with Gasteiger partial charge in [0.15, 0.2) is 0 Å². The van der Waals surface area contributed by atoms with Crippen LogP contribution in [0.25, 0.3) is 0 Å². The average Bonchev–Trinajstić information content (AvgIpc) is 2.77. The maximum Gasteiger partial charge on any atom is 0.247 e. The van der Waals surface area contributed by atoms with Crippen molar-refractivity contribution < 1.29 is 9.53 Å². The summed E-state index contributed by atoms with van der Waals surface area (Å²) in [5, 5.41) is 0. The smallest absolute Gasteiger partial charge is 0.247 e. The fourth-order valence-corrected chi connectivity index (χ4v) is 2.89. The zero-order valence-electron chi connectivity index (χ0n) is 11.9. The van der Waals surface area contributed by atoms with Crippen LogP contribution in [0.5, 0.6) is 5.75 Å². The molecule has 0 radical (unpaired) electrons. The Labute approximate surface area is 114 Å². The third-order valence-corrected chi connectivity index (χ3v) is 3.89. The van der Waals surface area contributed by atoms with Gasteiger partial charge in [0.2, 0.25) is 5.91 Å². The first-order valence-corrected chi connectivity index (χ1v) is 6.75. The summed E-state index contributed by atoms with van der Waals surface area (Å²) in [5.74, 6) is 0.831. The Kier molecular flexibility index (Phi) is 3.80.